The van der Waals surface area contributed by atoms with Gasteiger partial charge >= 0.3 is 0 Å². The van der Waals surface area contributed by atoms with Crippen LogP contribution in [0.15, 0.2) is 54.2 Å². The molecule has 0 spiro atoms. The number of nitrogens with one attached hydrogen (secondary N) is 1. The van der Waals surface area contributed by atoms with E-state index < -0.39 is 16.9 Å². The van der Waals surface area contributed by atoms with Crippen molar-refractivity contribution >= 4 is 52.2 Å². The van der Waals surface area contributed by atoms with Crippen LogP contribution in [0.4, 0.5) is 11.4 Å². The lowest BCUT2D eigenvalue weighted by molar-refractivity contribution is -0.384. The van der Waals surface area contributed by atoms with Crippen molar-refractivity contribution in [3.05, 3.63) is 80.6 Å². The van der Waals surface area contributed by atoms with Gasteiger partial charge in [-0.1, -0.05) is 41.0 Å². The number of halogens is 2. The number of thioether (sulfide) groups is 1. The minimum Gasteiger partial charge on any atom is -0.482 e. The molecule has 1 N–H and O–H groups in total. The van der Waals surface area contributed by atoms with Gasteiger partial charge in [0.25, 0.3) is 5.69 Å². The molecule has 178 valence electrons. The monoisotopic (exact) mass is 521 g/mol. The van der Waals surface area contributed by atoms with E-state index in [1.54, 1.807) is 22.8 Å². The SMILES string of the molecule is C=CCn1c(SCC(=O)Nc2cc([N+](=O)[O-])ccc2Cl)nnc1C(C)Oc1ccc(Cl)cc1C. The van der Waals surface area contributed by atoms with Crippen LogP contribution >= 0.6 is 35.0 Å². The summed E-state index contributed by atoms with van der Waals surface area (Å²) in [6.07, 6.45) is 1.26. The minimum atomic E-state index is -0.561. The predicted molar refractivity (Wildman–Crippen MR) is 133 cm³/mol. The van der Waals surface area contributed by atoms with E-state index in [-0.39, 0.29) is 22.2 Å². The highest BCUT2D eigenvalue weighted by Gasteiger charge is 2.21. The number of carbonyl (C=O) groups is 1. The van der Waals surface area contributed by atoms with Crippen LogP contribution in [0.3, 0.4) is 0 Å². The molecule has 1 atom stereocenters. The first-order chi connectivity index (χ1) is 16.2. The largest absolute Gasteiger partial charge is 0.482 e. The van der Waals surface area contributed by atoms with Crippen molar-refractivity contribution in [3.8, 4) is 5.75 Å². The molecule has 0 saturated heterocycles. The highest BCUT2D eigenvalue weighted by molar-refractivity contribution is 7.99. The average Bonchev–Trinajstić information content (AvgIpc) is 3.18. The summed E-state index contributed by atoms with van der Waals surface area (Å²) in [6.45, 7) is 7.94. The number of aromatic nitrogens is 3. The van der Waals surface area contributed by atoms with Gasteiger partial charge in [0.2, 0.25) is 5.91 Å². The average molecular weight is 522 g/mol. The van der Waals surface area contributed by atoms with Crippen molar-refractivity contribution in [1.29, 1.82) is 0 Å². The third-order valence-electron chi connectivity index (χ3n) is 4.63. The number of carbonyl (C=O) groups excluding carboxylic acids is 1. The van der Waals surface area contributed by atoms with Crippen LogP contribution in [-0.2, 0) is 11.3 Å². The number of ether oxygens (including phenoxy) is 1. The van der Waals surface area contributed by atoms with Crippen LogP contribution in [0.5, 0.6) is 5.75 Å². The Balaban J connectivity index is 1.70. The van der Waals surface area contributed by atoms with E-state index in [1.165, 1.54) is 18.2 Å². The highest BCUT2D eigenvalue weighted by atomic mass is 35.5. The van der Waals surface area contributed by atoms with Gasteiger partial charge in [0.05, 0.1) is 21.4 Å². The number of rotatable bonds is 10. The fourth-order valence-corrected chi connectivity index (χ4v) is 4.18. The Morgan fingerprint density at radius 2 is 2.09 bits per heavy atom. The summed E-state index contributed by atoms with van der Waals surface area (Å²) >= 11 is 13.2. The Bertz CT molecular complexity index is 1230. The zero-order chi connectivity index (χ0) is 24.8. The van der Waals surface area contributed by atoms with Crippen molar-refractivity contribution < 1.29 is 14.5 Å². The van der Waals surface area contributed by atoms with Gasteiger partial charge in [0.1, 0.15) is 5.75 Å². The number of benzene rings is 2. The summed E-state index contributed by atoms with van der Waals surface area (Å²) in [7, 11) is 0. The standard InChI is InChI=1S/C22H21Cl2N5O4S/c1-4-9-28-21(14(3)33-19-8-5-15(23)10-13(19)2)26-27-22(28)34-12-20(30)25-18-11-16(29(31)32)6-7-17(18)24/h4-8,10-11,14H,1,9,12H2,2-3H3,(H,25,30). The first-order valence-electron chi connectivity index (χ1n) is 10.0. The molecule has 9 nitrogen and oxygen atoms in total. The molecule has 0 saturated carbocycles. The number of nitro benzene ring substituents is 1. The molecule has 0 aliphatic heterocycles. The smallest absolute Gasteiger partial charge is 0.271 e. The van der Waals surface area contributed by atoms with Gasteiger partial charge in [0, 0.05) is 23.7 Å². The van der Waals surface area contributed by atoms with E-state index in [9.17, 15) is 14.9 Å². The molecule has 0 radical (unpaired) electrons. The number of aryl methyl sites for hydroxylation is 1. The molecular weight excluding hydrogens is 501 g/mol. The first kappa shape index (κ1) is 25.5. The van der Waals surface area contributed by atoms with Crippen LogP contribution in [0, 0.1) is 17.0 Å². The van der Waals surface area contributed by atoms with Crippen LogP contribution in [0.1, 0.15) is 24.4 Å². The van der Waals surface area contributed by atoms with Gasteiger partial charge in [-0.25, -0.2) is 0 Å². The summed E-state index contributed by atoms with van der Waals surface area (Å²) in [5.74, 6) is 0.828. The highest BCUT2D eigenvalue weighted by Crippen LogP contribution is 2.29. The number of non-ortho nitro benzene ring substituents is 1. The minimum absolute atomic E-state index is 0.0141. The molecule has 0 aliphatic rings. The third-order valence-corrected chi connectivity index (χ3v) is 6.16. The van der Waals surface area contributed by atoms with Gasteiger partial charge in [-0.3, -0.25) is 19.5 Å². The van der Waals surface area contributed by atoms with Gasteiger partial charge in [-0.05, 0) is 43.7 Å². The Morgan fingerprint density at radius 3 is 2.76 bits per heavy atom. The molecule has 1 heterocycles. The molecular formula is C22H21Cl2N5O4S. The topological polar surface area (TPSA) is 112 Å². The normalized spacial score (nSPS) is 11.6. The summed E-state index contributed by atoms with van der Waals surface area (Å²) in [4.78, 5) is 22.9. The van der Waals surface area contributed by atoms with Crippen molar-refractivity contribution in [1.82, 2.24) is 14.8 Å². The molecule has 0 bridgehead atoms. The van der Waals surface area contributed by atoms with Crippen LogP contribution in [0.25, 0.3) is 0 Å². The zero-order valence-corrected chi connectivity index (χ0v) is 20.7. The molecule has 0 fully saturated rings. The second kappa shape index (κ2) is 11.4. The van der Waals surface area contributed by atoms with Crippen LogP contribution in [0.2, 0.25) is 10.0 Å². The summed E-state index contributed by atoms with van der Waals surface area (Å²) in [5, 5.41) is 23.3. The number of nitrogens with zero attached hydrogens (tertiary/aromatic N) is 4. The number of allylic oxidation sites excluding steroid dienone is 1. The van der Waals surface area contributed by atoms with E-state index in [1.807, 2.05) is 19.9 Å². The number of nitro groups is 1. The predicted octanol–water partition coefficient (Wildman–Crippen LogP) is 5.86. The number of anilines is 1. The molecule has 2 aromatic carbocycles. The fourth-order valence-electron chi connectivity index (χ4n) is 3.04. The Hall–Kier alpha value is -3.08. The van der Waals surface area contributed by atoms with E-state index in [4.69, 9.17) is 27.9 Å². The van der Waals surface area contributed by atoms with Crippen LogP contribution < -0.4 is 10.1 Å². The lowest BCUT2D eigenvalue weighted by Gasteiger charge is -2.17. The first-order valence-corrected chi connectivity index (χ1v) is 11.8. The molecule has 1 amide bonds. The van der Waals surface area contributed by atoms with Gasteiger partial charge in [0.15, 0.2) is 17.1 Å². The number of amides is 1. The quantitative estimate of drug-likeness (QED) is 0.154. The molecule has 1 unspecified atom stereocenters. The molecule has 0 aliphatic carbocycles. The fraction of sp³-hybridized carbons (Fsp3) is 0.227. The van der Waals surface area contributed by atoms with E-state index >= 15 is 0 Å². The number of hydrogen-bond acceptors (Lipinski definition) is 7. The number of hydrogen-bond donors (Lipinski definition) is 1. The maximum absolute atomic E-state index is 12.5. The van der Waals surface area contributed by atoms with Crippen molar-refractivity contribution in [2.24, 2.45) is 0 Å². The van der Waals surface area contributed by atoms with Gasteiger partial charge in [-0.2, -0.15) is 0 Å². The van der Waals surface area contributed by atoms with E-state index in [0.717, 1.165) is 17.3 Å². The van der Waals surface area contributed by atoms with E-state index in [0.29, 0.717) is 28.3 Å². The Labute approximate surface area is 210 Å². The molecule has 12 heteroatoms. The van der Waals surface area contributed by atoms with Crippen molar-refractivity contribution in [3.63, 3.8) is 0 Å². The second-order valence-corrected chi connectivity index (χ2v) is 8.95. The summed E-state index contributed by atoms with van der Waals surface area (Å²) in [5.41, 5.74) is 0.878. The molecule has 3 aromatic rings. The van der Waals surface area contributed by atoms with Gasteiger partial charge in [-0.15, -0.1) is 16.8 Å². The maximum atomic E-state index is 12.5. The lowest BCUT2D eigenvalue weighted by atomic mass is 10.2. The van der Waals surface area contributed by atoms with Crippen molar-refractivity contribution in [2.45, 2.75) is 31.7 Å². The van der Waals surface area contributed by atoms with E-state index in [2.05, 4.69) is 22.1 Å². The Morgan fingerprint density at radius 1 is 1.32 bits per heavy atom. The van der Waals surface area contributed by atoms with Crippen molar-refractivity contribution in [2.75, 3.05) is 11.1 Å². The third kappa shape index (κ3) is 6.28. The summed E-state index contributed by atoms with van der Waals surface area (Å²) in [6, 6.07) is 9.19. The lowest BCUT2D eigenvalue weighted by Crippen LogP contribution is -2.16. The maximum Gasteiger partial charge on any atom is 0.271 e. The molecule has 3 rings (SSSR count). The Kier molecular flexibility index (Phi) is 8.54. The molecule has 1 aromatic heterocycles. The summed E-state index contributed by atoms with van der Waals surface area (Å²) < 4.78 is 7.87. The van der Waals surface area contributed by atoms with Gasteiger partial charge < -0.3 is 10.1 Å². The second-order valence-electron chi connectivity index (χ2n) is 7.17. The zero-order valence-electron chi connectivity index (χ0n) is 18.3. The molecule has 34 heavy (non-hydrogen) atoms. The van der Waals surface area contributed by atoms with Crippen LogP contribution in [-0.4, -0.2) is 31.3 Å².